The van der Waals surface area contributed by atoms with Gasteiger partial charge in [0, 0.05) is 11.6 Å². The SMILES string of the molecule is COc1cc([N+](=O)[O-])ccc1N=Nc1c(C)c(C#N)c(O)n(CCO)c1=O. The first-order chi connectivity index (χ1) is 12.8. The van der Waals surface area contributed by atoms with Crippen molar-refractivity contribution in [2.24, 2.45) is 10.2 Å². The molecule has 1 aromatic heterocycles. The molecule has 0 unspecified atom stereocenters. The molecule has 2 aromatic rings. The van der Waals surface area contributed by atoms with E-state index in [4.69, 9.17) is 9.84 Å². The molecule has 11 nitrogen and oxygen atoms in total. The number of aromatic hydroxyl groups is 1. The van der Waals surface area contributed by atoms with Gasteiger partial charge >= 0.3 is 0 Å². The fourth-order valence-corrected chi connectivity index (χ4v) is 2.33. The third-order valence-electron chi connectivity index (χ3n) is 3.72. The highest BCUT2D eigenvalue weighted by atomic mass is 16.6. The zero-order valence-electron chi connectivity index (χ0n) is 14.4. The van der Waals surface area contributed by atoms with Crippen molar-refractivity contribution in [3.8, 4) is 17.7 Å². The highest BCUT2D eigenvalue weighted by molar-refractivity contribution is 5.59. The molecule has 0 spiro atoms. The fourth-order valence-electron chi connectivity index (χ4n) is 2.33. The Kier molecular flexibility index (Phi) is 5.84. The Bertz CT molecular complexity index is 1020. The number of hydrogen-bond donors (Lipinski definition) is 2. The van der Waals surface area contributed by atoms with Gasteiger partial charge in [-0.3, -0.25) is 19.5 Å². The Morgan fingerprint density at radius 2 is 2.11 bits per heavy atom. The van der Waals surface area contributed by atoms with Gasteiger partial charge in [0.1, 0.15) is 17.3 Å². The molecule has 1 heterocycles. The van der Waals surface area contributed by atoms with Gasteiger partial charge in [-0.05, 0) is 13.0 Å². The van der Waals surface area contributed by atoms with Crippen molar-refractivity contribution >= 4 is 17.1 Å². The van der Waals surface area contributed by atoms with E-state index >= 15 is 0 Å². The Labute approximate surface area is 152 Å². The maximum Gasteiger partial charge on any atom is 0.281 e. The highest BCUT2D eigenvalue weighted by Gasteiger charge is 2.19. The van der Waals surface area contributed by atoms with Crippen molar-refractivity contribution in [1.29, 1.82) is 5.26 Å². The number of methoxy groups -OCH3 is 1. The fraction of sp³-hybridized carbons (Fsp3) is 0.250. The smallest absolute Gasteiger partial charge is 0.281 e. The zero-order valence-corrected chi connectivity index (χ0v) is 14.4. The van der Waals surface area contributed by atoms with E-state index in [1.165, 1.54) is 26.2 Å². The van der Waals surface area contributed by atoms with Crippen molar-refractivity contribution in [2.45, 2.75) is 13.5 Å². The number of azo groups is 1. The number of ether oxygens (including phenoxy) is 1. The summed E-state index contributed by atoms with van der Waals surface area (Å²) >= 11 is 0. The van der Waals surface area contributed by atoms with E-state index in [0.717, 1.165) is 10.6 Å². The minimum Gasteiger partial charge on any atom is -0.494 e. The molecule has 2 N–H and O–H groups in total. The number of nitro benzene ring substituents is 1. The van der Waals surface area contributed by atoms with Gasteiger partial charge < -0.3 is 14.9 Å². The summed E-state index contributed by atoms with van der Waals surface area (Å²) in [6.45, 7) is 0.752. The number of pyridine rings is 1. The van der Waals surface area contributed by atoms with E-state index in [1.807, 2.05) is 0 Å². The molecule has 0 atom stereocenters. The van der Waals surface area contributed by atoms with E-state index in [1.54, 1.807) is 6.07 Å². The molecule has 140 valence electrons. The molecule has 0 aliphatic rings. The molecule has 0 fully saturated rings. The van der Waals surface area contributed by atoms with Gasteiger partial charge in [0.15, 0.2) is 11.4 Å². The predicted molar refractivity (Wildman–Crippen MR) is 92.7 cm³/mol. The lowest BCUT2D eigenvalue weighted by Gasteiger charge is -2.11. The van der Waals surface area contributed by atoms with Gasteiger partial charge in [-0.25, -0.2) is 0 Å². The molecule has 0 bridgehead atoms. The minimum absolute atomic E-state index is 0.0700. The summed E-state index contributed by atoms with van der Waals surface area (Å²) in [4.78, 5) is 22.7. The lowest BCUT2D eigenvalue weighted by Crippen LogP contribution is -2.23. The van der Waals surface area contributed by atoms with E-state index < -0.39 is 23.0 Å². The van der Waals surface area contributed by atoms with E-state index in [0.29, 0.717) is 0 Å². The average molecular weight is 373 g/mol. The van der Waals surface area contributed by atoms with Crippen LogP contribution in [0.1, 0.15) is 11.1 Å². The number of aliphatic hydroxyl groups is 1. The van der Waals surface area contributed by atoms with Gasteiger partial charge in [0.05, 0.1) is 31.3 Å². The summed E-state index contributed by atoms with van der Waals surface area (Å²) in [5.41, 5.74) is -1.10. The molecule has 0 aliphatic heterocycles. The molecule has 0 saturated carbocycles. The normalized spacial score (nSPS) is 10.7. The second-order valence-corrected chi connectivity index (χ2v) is 5.28. The standard InChI is InChI=1S/C16H15N5O6/c1-9-11(8-17)15(23)20(5-6-22)16(24)14(9)19-18-12-4-3-10(21(25)26)7-13(12)27-2/h3-4,7,22-23H,5-6H2,1-2H3. The van der Waals surface area contributed by atoms with Gasteiger partial charge in [-0.1, -0.05) is 0 Å². The molecule has 11 heteroatoms. The number of aliphatic hydroxyl groups excluding tert-OH is 1. The average Bonchev–Trinajstić information content (AvgIpc) is 2.65. The number of rotatable bonds is 6. The van der Waals surface area contributed by atoms with Crippen LogP contribution in [0.2, 0.25) is 0 Å². The first-order valence-electron chi connectivity index (χ1n) is 7.57. The first kappa shape index (κ1) is 19.5. The molecular formula is C16H15N5O6. The van der Waals surface area contributed by atoms with E-state index in [-0.39, 0.29) is 40.5 Å². The van der Waals surface area contributed by atoms with Gasteiger partial charge in [0.2, 0.25) is 5.88 Å². The van der Waals surface area contributed by atoms with Crippen molar-refractivity contribution in [2.75, 3.05) is 13.7 Å². The first-order valence-corrected chi connectivity index (χ1v) is 7.57. The monoisotopic (exact) mass is 373 g/mol. The van der Waals surface area contributed by atoms with Crippen LogP contribution in [0.25, 0.3) is 0 Å². The Balaban J connectivity index is 2.61. The Morgan fingerprint density at radius 1 is 1.41 bits per heavy atom. The van der Waals surface area contributed by atoms with Crippen LogP contribution in [0.5, 0.6) is 11.6 Å². The summed E-state index contributed by atoms with van der Waals surface area (Å²) < 4.78 is 5.86. The molecule has 27 heavy (non-hydrogen) atoms. The van der Waals surface area contributed by atoms with Crippen molar-refractivity contribution in [3.63, 3.8) is 0 Å². The summed E-state index contributed by atoms with van der Waals surface area (Å²) in [6.07, 6.45) is 0. The van der Waals surface area contributed by atoms with Gasteiger partial charge in [-0.15, -0.1) is 10.2 Å². The zero-order chi connectivity index (χ0) is 20.1. The van der Waals surface area contributed by atoms with E-state index in [9.17, 15) is 25.3 Å². The number of nitrogens with zero attached hydrogens (tertiary/aromatic N) is 5. The maximum atomic E-state index is 12.5. The lowest BCUT2D eigenvalue weighted by molar-refractivity contribution is -0.384. The van der Waals surface area contributed by atoms with Gasteiger partial charge in [0.25, 0.3) is 11.2 Å². The largest absolute Gasteiger partial charge is 0.494 e. The number of nitro groups is 1. The van der Waals surface area contributed by atoms with E-state index in [2.05, 4.69) is 10.2 Å². The summed E-state index contributed by atoms with van der Waals surface area (Å²) in [6, 6.07) is 5.43. The summed E-state index contributed by atoms with van der Waals surface area (Å²) in [5.74, 6) is -0.499. The number of non-ortho nitro benzene ring substituents is 1. The Hall–Kier alpha value is -3.78. The van der Waals surface area contributed by atoms with Crippen LogP contribution >= 0.6 is 0 Å². The van der Waals surface area contributed by atoms with Crippen molar-refractivity contribution in [1.82, 2.24) is 4.57 Å². The predicted octanol–water partition coefficient (Wildman–Crippen LogP) is 2.06. The third kappa shape index (κ3) is 3.75. The van der Waals surface area contributed by atoms with Crippen LogP contribution in [-0.4, -0.2) is 33.4 Å². The minimum atomic E-state index is -0.748. The maximum absolute atomic E-state index is 12.5. The molecule has 2 rings (SSSR count). The highest BCUT2D eigenvalue weighted by Crippen LogP contribution is 2.33. The van der Waals surface area contributed by atoms with Crippen LogP contribution in [-0.2, 0) is 6.54 Å². The topological polar surface area (TPSA) is 163 Å². The van der Waals surface area contributed by atoms with Crippen LogP contribution < -0.4 is 10.3 Å². The molecule has 0 amide bonds. The third-order valence-corrected chi connectivity index (χ3v) is 3.72. The van der Waals surface area contributed by atoms with Crippen LogP contribution in [0, 0.1) is 28.4 Å². The van der Waals surface area contributed by atoms with Crippen molar-refractivity contribution < 1.29 is 19.9 Å². The molecule has 0 radical (unpaired) electrons. The molecule has 0 saturated heterocycles. The van der Waals surface area contributed by atoms with Gasteiger partial charge in [-0.2, -0.15) is 5.26 Å². The Morgan fingerprint density at radius 3 is 2.67 bits per heavy atom. The van der Waals surface area contributed by atoms with Crippen LogP contribution in [0.3, 0.4) is 0 Å². The van der Waals surface area contributed by atoms with Crippen LogP contribution in [0.15, 0.2) is 33.2 Å². The number of benzene rings is 1. The summed E-state index contributed by atoms with van der Waals surface area (Å²) in [7, 11) is 1.30. The number of aromatic nitrogens is 1. The lowest BCUT2D eigenvalue weighted by atomic mass is 10.1. The van der Waals surface area contributed by atoms with Crippen LogP contribution in [0.4, 0.5) is 17.1 Å². The quantitative estimate of drug-likeness (QED) is 0.444. The summed E-state index contributed by atoms with van der Waals surface area (Å²) in [5, 5.41) is 46.9. The van der Waals surface area contributed by atoms with Crippen molar-refractivity contribution in [3.05, 3.63) is 49.8 Å². The molecule has 0 aliphatic carbocycles. The molecular weight excluding hydrogens is 358 g/mol. The second kappa shape index (κ2) is 8.07. The number of hydrogen-bond acceptors (Lipinski definition) is 9. The second-order valence-electron chi connectivity index (χ2n) is 5.28. The molecule has 1 aromatic carbocycles. The number of nitriles is 1.